The van der Waals surface area contributed by atoms with Crippen molar-refractivity contribution in [3.05, 3.63) is 34.9 Å². The number of aryl methyl sites for hydroxylation is 1. The molecule has 2 N–H and O–H groups in total. The smallest absolute Gasteiger partial charge is 0.0297 e. The zero-order valence-corrected chi connectivity index (χ0v) is 9.79. The molecule has 1 aromatic carbocycles. The second kappa shape index (κ2) is 4.36. The summed E-state index contributed by atoms with van der Waals surface area (Å²) in [6.45, 7) is 4.53. The minimum absolute atomic E-state index is 0.271. The topological polar surface area (TPSA) is 26.0 Å². The summed E-state index contributed by atoms with van der Waals surface area (Å²) in [7, 11) is 0. The lowest BCUT2D eigenvalue weighted by Gasteiger charge is -2.27. The van der Waals surface area contributed by atoms with Crippen molar-refractivity contribution in [2.45, 2.75) is 51.5 Å². The molecule has 0 heterocycles. The maximum Gasteiger partial charge on any atom is 0.0297 e. The quantitative estimate of drug-likeness (QED) is 0.781. The van der Waals surface area contributed by atoms with Crippen LogP contribution in [0.25, 0.3) is 0 Å². The highest BCUT2D eigenvalue weighted by Crippen LogP contribution is 2.36. The largest absolute Gasteiger partial charge is 0.324 e. The molecule has 0 saturated carbocycles. The van der Waals surface area contributed by atoms with Gasteiger partial charge in [0, 0.05) is 6.04 Å². The molecule has 1 unspecified atom stereocenters. The summed E-state index contributed by atoms with van der Waals surface area (Å²) in [4.78, 5) is 0. The van der Waals surface area contributed by atoms with Gasteiger partial charge in [-0.15, -0.1) is 0 Å². The van der Waals surface area contributed by atoms with Crippen molar-refractivity contribution < 1.29 is 0 Å². The Morgan fingerprint density at radius 1 is 1.27 bits per heavy atom. The normalized spacial score (nSPS) is 25.0. The Kier molecular flexibility index (Phi) is 3.11. The van der Waals surface area contributed by atoms with Gasteiger partial charge >= 0.3 is 0 Å². The molecule has 0 aliphatic heterocycles. The van der Waals surface area contributed by atoms with Crippen molar-refractivity contribution in [1.82, 2.24) is 0 Å². The highest BCUT2D eigenvalue weighted by molar-refractivity contribution is 5.38. The zero-order chi connectivity index (χ0) is 10.8. The van der Waals surface area contributed by atoms with Crippen molar-refractivity contribution in [3.8, 4) is 0 Å². The van der Waals surface area contributed by atoms with E-state index in [-0.39, 0.29) is 6.04 Å². The Hall–Kier alpha value is -0.820. The number of fused-ring (bicyclic) bond motifs is 1. The fourth-order valence-corrected chi connectivity index (χ4v) is 2.58. The van der Waals surface area contributed by atoms with Crippen LogP contribution in [0.15, 0.2) is 18.2 Å². The molecular weight excluding hydrogens is 182 g/mol. The van der Waals surface area contributed by atoms with Gasteiger partial charge in [-0.2, -0.15) is 0 Å². The third-order valence-electron chi connectivity index (χ3n) is 3.53. The van der Waals surface area contributed by atoms with Gasteiger partial charge in [-0.05, 0) is 41.9 Å². The minimum Gasteiger partial charge on any atom is -0.324 e. The van der Waals surface area contributed by atoms with E-state index in [1.807, 2.05) is 0 Å². The Morgan fingerprint density at radius 2 is 2.07 bits per heavy atom. The van der Waals surface area contributed by atoms with Gasteiger partial charge in [0.2, 0.25) is 0 Å². The minimum atomic E-state index is 0.271. The molecule has 1 aromatic rings. The molecule has 0 aromatic heterocycles. The third kappa shape index (κ3) is 2.07. The average Bonchev–Trinajstić information content (AvgIpc) is 2.24. The summed E-state index contributed by atoms with van der Waals surface area (Å²) in [5.41, 5.74) is 10.5. The number of hydrogen-bond donors (Lipinski definition) is 1. The van der Waals surface area contributed by atoms with Crippen LogP contribution in [-0.2, 0) is 6.42 Å². The fourth-order valence-electron chi connectivity index (χ4n) is 2.58. The molecule has 1 aliphatic carbocycles. The summed E-state index contributed by atoms with van der Waals surface area (Å²) in [6, 6.07) is 7.17. The van der Waals surface area contributed by atoms with Gasteiger partial charge in [0.1, 0.15) is 0 Å². The predicted molar refractivity (Wildman–Crippen MR) is 65.0 cm³/mol. The number of hydrogen-bond acceptors (Lipinski definition) is 1. The van der Waals surface area contributed by atoms with Crippen LogP contribution in [0, 0.1) is 0 Å². The summed E-state index contributed by atoms with van der Waals surface area (Å²) < 4.78 is 0. The Bertz CT molecular complexity index is 343. The van der Waals surface area contributed by atoms with Gasteiger partial charge in [0.25, 0.3) is 0 Å². The van der Waals surface area contributed by atoms with E-state index in [1.54, 1.807) is 0 Å². The highest BCUT2D eigenvalue weighted by atomic mass is 14.6. The Balaban J connectivity index is 2.36. The van der Waals surface area contributed by atoms with E-state index in [4.69, 9.17) is 5.73 Å². The van der Waals surface area contributed by atoms with E-state index in [2.05, 4.69) is 32.0 Å². The van der Waals surface area contributed by atoms with E-state index in [0.717, 1.165) is 6.42 Å². The first kappa shape index (κ1) is 10.7. The first-order valence-corrected chi connectivity index (χ1v) is 6.10. The molecule has 1 heteroatoms. The lowest BCUT2D eigenvalue weighted by atomic mass is 9.80. The molecule has 0 spiro atoms. The maximum absolute atomic E-state index is 6.17. The van der Waals surface area contributed by atoms with Gasteiger partial charge in [-0.25, -0.2) is 0 Å². The molecule has 1 nitrogen and oxygen atoms in total. The molecular formula is C14H21N. The van der Waals surface area contributed by atoms with Gasteiger partial charge < -0.3 is 5.73 Å². The average molecular weight is 203 g/mol. The number of rotatable bonds is 2. The summed E-state index contributed by atoms with van der Waals surface area (Å²) >= 11 is 0. The van der Waals surface area contributed by atoms with Crippen LogP contribution >= 0.6 is 0 Å². The van der Waals surface area contributed by atoms with Gasteiger partial charge in [-0.1, -0.05) is 38.5 Å². The van der Waals surface area contributed by atoms with E-state index >= 15 is 0 Å². The highest BCUT2D eigenvalue weighted by Gasteiger charge is 2.21. The monoisotopic (exact) mass is 203 g/mol. The molecule has 1 aliphatic rings. The Morgan fingerprint density at radius 3 is 2.80 bits per heavy atom. The van der Waals surface area contributed by atoms with Crippen molar-refractivity contribution in [1.29, 1.82) is 0 Å². The van der Waals surface area contributed by atoms with Gasteiger partial charge in [0.15, 0.2) is 0 Å². The lowest BCUT2D eigenvalue weighted by molar-refractivity contribution is 0.513. The zero-order valence-electron chi connectivity index (χ0n) is 9.79. The van der Waals surface area contributed by atoms with E-state index in [0.29, 0.717) is 5.92 Å². The van der Waals surface area contributed by atoms with Crippen LogP contribution < -0.4 is 5.73 Å². The van der Waals surface area contributed by atoms with Crippen LogP contribution in [0.2, 0.25) is 0 Å². The number of nitrogens with two attached hydrogens (primary N) is 1. The first-order chi connectivity index (χ1) is 7.22. The van der Waals surface area contributed by atoms with E-state index < -0.39 is 0 Å². The van der Waals surface area contributed by atoms with Crippen molar-refractivity contribution in [2.75, 3.05) is 0 Å². The predicted octanol–water partition coefficient (Wildman–Crippen LogP) is 3.54. The van der Waals surface area contributed by atoms with Gasteiger partial charge in [-0.3, -0.25) is 0 Å². The van der Waals surface area contributed by atoms with Gasteiger partial charge in [0.05, 0.1) is 0 Å². The molecule has 2 atom stereocenters. The molecule has 0 amide bonds. The van der Waals surface area contributed by atoms with E-state index in [9.17, 15) is 0 Å². The van der Waals surface area contributed by atoms with Crippen molar-refractivity contribution in [2.24, 2.45) is 5.73 Å². The molecule has 15 heavy (non-hydrogen) atoms. The van der Waals surface area contributed by atoms with Crippen molar-refractivity contribution >= 4 is 0 Å². The van der Waals surface area contributed by atoms with Crippen LogP contribution in [0.3, 0.4) is 0 Å². The van der Waals surface area contributed by atoms with Crippen LogP contribution in [0.1, 0.15) is 61.8 Å². The second-order valence-corrected chi connectivity index (χ2v) is 4.80. The summed E-state index contributed by atoms with van der Waals surface area (Å²) in [5, 5.41) is 0. The molecule has 2 rings (SSSR count). The second-order valence-electron chi connectivity index (χ2n) is 4.80. The van der Waals surface area contributed by atoms with E-state index in [1.165, 1.54) is 36.0 Å². The van der Waals surface area contributed by atoms with Crippen molar-refractivity contribution in [3.63, 3.8) is 0 Å². The lowest BCUT2D eigenvalue weighted by Crippen LogP contribution is -2.19. The molecule has 0 saturated heterocycles. The molecule has 0 fully saturated rings. The van der Waals surface area contributed by atoms with Crippen LogP contribution in [0.5, 0.6) is 0 Å². The fraction of sp³-hybridized carbons (Fsp3) is 0.571. The SMILES string of the molecule is CCCc1ccc2c(c1)[C@H](N)CCC2C. The number of benzene rings is 1. The first-order valence-electron chi connectivity index (χ1n) is 6.10. The standard InChI is InChI=1S/C14H21N/c1-3-4-11-6-7-12-10(2)5-8-14(15)13(12)9-11/h6-7,9-10,14H,3-5,8,15H2,1-2H3/t10?,14-/m1/s1. The summed E-state index contributed by atoms with van der Waals surface area (Å²) in [5.74, 6) is 0.690. The summed E-state index contributed by atoms with van der Waals surface area (Å²) in [6.07, 6.45) is 4.77. The molecule has 0 radical (unpaired) electrons. The molecule has 0 bridgehead atoms. The maximum atomic E-state index is 6.17. The van der Waals surface area contributed by atoms with Crippen LogP contribution in [0.4, 0.5) is 0 Å². The van der Waals surface area contributed by atoms with Crippen LogP contribution in [-0.4, -0.2) is 0 Å². The Labute approximate surface area is 92.7 Å². The third-order valence-corrected chi connectivity index (χ3v) is 3.53. The molecule has 82 valence electrons.